The minimum Gasteiger partial charge on any atom is -0.485 e. The second kappa shape index (κ2) is 11.1. The molecule has 3 N–H and O–H groups in total. The number of hydrogen-bond donors (Lipinski definition) is 3. The van der Waals surface area contributed by atoms with Crippen LogP contribution in [0.2, 0.25) is 0 Å². The molecule has 3 aromatic rings. The number of H-pyrrole nitrogens is 1. The highest BCUT2D eigenvalue weighted by atomic mass is 16.6. The van der Waals surface area contributed by atoms with Gasteiger partial charge < -0.3 is 34.7 Å². The number of anilines is 3. The predicted octanol–water partition coefficient (Wildman–Crippen LogP) is 3.25. The summed E-state index contributed by atoms with van der Waals surface area (Å²) in [6, 6.07) is 6.62. The summed E-state index contributed by atoms with van der Waals surface area (Å²) < 4.78 is 17.4. The molecule has 2 saturated heterocycles. The fourth-order valence-electron chi connectivity index (χ4n) is 6.14. The molecule has 1 aromatic carbocycles. The third kappa shape index (κ3) is 5.00. The van der Waals surface area contributed by atoms with E-state index >= 15 is 0 Å². The second-order valence-corrected chi connectivity index (χ2v) is 11.1. The minimum atomic E-state index is -0.0603. The first kappa shape index (κ1) is 25.9. The largest absolute Gasteiger partial charge is 0.485 e. The number of aromatic nitrogens is 3. The van der Waals surface area contributed by atoms with E-state index in [9.17, 15) is 10.1 Å². The maximum atomic E-state index is 13.6. The van der Waals surface area contributed by atoms with Gasteiger partial charge >= 0.3 is 0 Å². The van der Waals surface area contributed by atoms with Crippen LogP contribution in [0.4, 0.5) is 17.5 Å². The number of nitrogens with zero attached hydrogens (tertiary/aromatic N) is 5. The molecule has 5 heterocycles. The van der Waals surface area contributed by atoms with Crippen molar-refractivity contribution in [3.05, 3.63) is 29.5 Å². The molecule has 4 aliphatic rings. The topological polar surface area (TPSA) is 141 Å². The highest BCUT2D eigenvalue weighted by molar-refractivity contribution is 5.99. The quantitative estimate of drug-likeness (QED) is 0.413. The molecule has 0 spiro atoms. The summed E-state index contributed by atoms with van der Waals surface area (Å²) in [6.07, 6.45) is 7.39. The van der Waals surface area contributed by atoms with Crippen LogP contribution < -0.4 is 20.1 Å². The Bertz CT molecular complexity index is 1480. The van der Waals surface area contributed by atoms with Crippen molar-refractivity contribution in [1.82, 2.24) is 24.8 Å². The molecule has 214 valence electrons. The van der Waals surface area contributed by atoms with E-state index in [1.165, 1.54) is 19.3 Å². The molecule has 1 saturated carbocycles. The Hall–Kier alpha value is -4.08. The predicted molar refractivity (Wildman–Crippen MR) is 152 cm³/mol. The van der Waals surface area contributed by atoms with Gasteiger partial charge in [-0.1, -0.05) is 19.3 Å². The van der Waals surface area contributed by atoms with Crippen molar-refractivity contribution in [2.24, 2.45) is 0 Å². The fourth-order valence-corrected chi connectivity index (χ4v) is 6.14. The van der Waals surface area contributed by atoms with E-state index in [0.717, 1.165) is 39.1 Å². The zero-order valence-corrected chi connectivity index (χ0v) is 22.9. The van der Waals surface area contributed by atoms with E-state index in [1.807, 2.05) is 11.0 Å². The highest BCUT2D eigenvalue weighted by Gasteiger charge is 2.33. The summed E-state index contributed by atoms with van der Waals surface area (Å²) in [5, 5.41) is 17.2. The van der Waals surface area contributed by atoms with Gasteiger partial charge in [0.05, 0.1) is 41.5 Å². The lowest BCUT2D eigenvalue weighted by Gasteiger charge is -2.42. The number of carbonyl (C=O) groups excluding carboxylic acids is 1. The van der Waals surface area contributed by atoms with Crippen molar-refractivity contribution in [2.75, 3.05) is 63.2 Å². The molecule has 0 bridgehead atoms. The van der Waals surface area contributed by atoms with E-state index in [-0.39, 0.29) is 5.91 Å². The zero-order valence-electron chi connectivity index (χ0n) is 22.9. The van der Waals surface area contributed by atoms with Crippen LogP contribution in [0.15, 0.2) is 18.3 Å². The molecule has 41 heavy (non-hydrogen) atoms. The number of carbonyl (C=O) groups is 1. The van der Waals surface area contributed by atoms with E-state index < -0.39 is 0 Å². The number of nitriles is 1. The number of hydrogen-bond acceptors (Lipinski definition) is 10. The minimum absolute atomic E-state index is 0.0603. The van der Waals surface area contributed by atoms with Gasteiger partial charge in [0.25, 0.3) is 5.91 Å². The van der Waals surface area contributed by atoms with Crippen molar-refractivity contribution in [1.29, 1.82) is 5.26 Å². The number of ether oxygens (including phenoxy) is 3. The van der Waals surface area contributed by atoms with Crippen LogP contribution in [0.1, 0.15) is 48.0 Å². The lowest BCUT2D eigenvalue weighted by molar-refractivity contribution is -0.0746. The number of aromatic amines is 1. The maximum absolute atomic E-state index is 13.6. The normalized spacial score (nSPS) is 19.9. The Morgan fingerprint density at radius 2 is 1.80 bits per heavy atom. The summed E-state index contributed by atoms with van der Waals surface area (Å²) >= 11 is 0. The molecule has 3 aliphatic heterocycles. The lowest BCUT2D eigenvalue weighted by atomic mass is 9.95. The van der Waals surface area contributed by atoms with Crippen molar-refractivity contribution in [2.45, 2.75) is 44.2 Å². The maximum Gasteiger partial charge on any atom is 0.257 e. The molecule has 7 rings (SSSR count). The first-order valence-electron chi connectivity index (χ1n) is 14.5. The van der Waals surface area contributed by atoms with Crippen molar-refractivity contribution >= 4 is 34.4 Å². The zero-order chi connectivity index (χ0) is 27.8. The van der Waals surface area contributed by atoms with Crippen LogP contribution in [0, 0.1) is 11.3 Å². The Morgan fingerprint density at radius 1 is 1.02 bits per heavy atom. The summed E-state index contributed by atoms with van der Waals surface area (Å²) in [6.45, 7) is 5.29. The number of fused-ring (bicyclic) bond motifs is 2. The van der Waals surface area contributed by atoms with Crippen molar-refractivity contribution < 1.29 is 19.0 Å². The van der Waals surface area contributed by atoms with E-state index in [1.54, 1.807) is 12.3 Å². The SMILES string of the molecule is N#Cc1c[nH]c2nc(Nc3ccc(C(=O)N4CCN(C5COC5)CC4)c4c3OCCO4)nc(NC3CCCCC3)c12. The van der Waals surface area contributed by atoms with Crippen LogP contribution in [-0.4, -0.2) is 95.3 Å². The molecular formula is C29H34N8O4. The molecule has 3 fully saturated rings. The summed E-state index contributed by atoms with van der Waals surface area (Å²) in [4.78, 5) is 30.4. The Balaban J connectivity index is 1.15. The molecule has 2 aromatic heterocycles. The second-order valence-electron chi connectivity index (χ2n) is 11.1. The van der Waals surface area contributed by atoms with E-state index in [0.29, 0.717) is 89.5 Å². The van der Waals surface area contributed by atoms with Gasteiger partial charge in [0.2, 0.25) is 5.95 Å². The molecule has 12 nitrogen and oxygen atoms in total. The van der Waals surface area contributed by atoms with Gasteiger partial charge in [-0.2, -0.15) is 15.2 Å². The van der Waals surface area contributed by atoms with E-state index in [4.69, 9.17) is 19.2 Å². The van der Waals surface area contributed by atoms with Crippen molar-refractivity contribution in [3.63, 3.8) is 0 Å². The number of rotatable bonds is 6. The third-order valence-electron chi connectivity index (χ3n) is 8.50. The van der Waals surface area contributed by atoms with Gasteiger partial charge in [0.15, 0.2) is 11.5 Å². The Kier molecular flexibility index (Phi) is 6.98. The monoisotopic (exact) mass is 558 g/mol. The Labute approximate surface area is 238 Å². The molecule has 1 amide bonds. The van der Waals surface area contributed by atoms with Crippen LogP contribution in [0.5, 0.6) is 11.5 Å². The third-order valence-corrected chi connectivity index (χ3v) is 8.50. The number of nitrogens with one attached hydrogen (secondary N) is 3. The van der Waals surface area contributed by atoms with Crippen LogP contribution in [-0.2, 0) is 4.74 Å². The lowest BCUT2D eigenvalue weighted by Crippen LogP contribution is -2.57. The smallest absolute Gasteiger partial charge is 0.257 e. The summed E-state index contributed by atoms with van der Waals surface area (Å²) in [5.74, 6) is 1.84. The number of piperazine rings is 1. The van der Waals surface area contributed by atoms with Gasteiger partial charge in [-0.25, -0.2) is 0 Å². The first-order valence-corrected chi connectivity index (χ1v) is 14.5. The first-order chi connectivity index (χ1) is 20.2. The molecule has 0 atom stereocenters. The van der Waals surface area contributed by atoms with Gasteiger partial charge in [-0.05, 0) is 25.0 Å². The average Bonchev–Trinajstić information content (AvgIpc) is 3.41. The molecule has 0 unspecified atom stereocenters. The van der Waals surface area contributed by atoms with Gasteiger partial charge in [-0.3, -0.25) is 9.69 Å². The van der Waals surface area contributed by atoms with Crippen LogP contribution >= 0.6 is 0 Å². The van der Waals surface area contributed by atoms with Gasteiger partial charge in [0, 0.05) is 38.4 Å². The van der Waals surface area contributed by atoms with Crippen LogP contribution in [0.3, 0.4) is 0 Å². The fraction of sp³-hybridized carbons (Fsp3) is 0.517. The highest BCUT2D eigenvalue weighted by Crippen LogP contribution is 2.42. The molecule has 12 heteroatoms. The summed E-state index contributed by atoms with van der Waals surface area (Å²) in [5.41, 5.74) is 2.18. The van der Waals surface area contributed by atoms with E-state index in [2.05, 4.69) is 31.6 Å². The molecular weight excluding hydrogens is 524 g/mol. The van der Waals surface area contributed by atoms with Crippen LogP contribution in [0.25, 0.3) is 11.0 Å². The summed E-state index contributed by atoms with van der Waals surface area (Å²) in [7, 11) is 0. The van der Waals surface area contributed by atoms with Crippen molar-refractivity contribution in [3.8, 4) is 17.6 Å². The molecule has 0 radical (unpaired) electrons. The molecule has 1 aliphatic carbocycles. The Morgan fingerprint density at radius 3 is 2.54 bits per heavy atom. The number of benzene rings is 1. The van der Waals surface area contributed by atoms with Gasteiger partial charge in [-0.15, -0.1) is 0 Å². The standard InChI is InChI=1S/C29H34N8O4/c30-14-18-15-31-26-23(18)27(32-19-4-2-1-3-5-19)35-29(34-26)33-22-7-6-21(24-25(22)41-13-12-40-24)28(38)37-10-8-36(9-11-37)20-16-39-17-20/h6-7,15,19-20H,1-5,8-13,16-17H2,(H3,31,32,33,34,35). The average molecular weight is 559 g/mol. The number of amides is 1. The van der Waals surface area contributed by atoms with Gasteiger partial charge in [0.1, 0.15) is 30.7 Å².